The Morgan fingerprint density at radius 3 is 2.57 bits per heavy atom. The molecule has 0 spiro atoms. The van der Waals surface area contributed by atoms with E-state index in [1.807, 2.05) is 0 Å². The number of nitrogens with one attached hydrogen (secondary N) is 3. The highest BCUT2D eigenvalue weighted by molar-refractivity contribution is 6.26. The quantitative estimate of drug-likeness (QED) is 0.268. The van der Waals surface area contributed by atoms with E-state index < -0.39 is 40.3 Å². The second kappa shape index (κ2) is 11.4. The number of benzene rings is 2. The number of amides is 2. The van der Waals surface area contributed by atoms with Crippen molar-refractivity contribution in [2.24, 2.45) is 11.5 Å². The van der Waals surface area contributed by atoms with Crippen molar-refractivity contribution in [1.29, 1.82) is 5.41 Å². The van der Waals surface area contributed by atoms with E-state index in [0.29, 0.717) is 19.0 Å². The standard InChI is InChI=1S/C24H27F2N5O4/c1-34-19-7-3-2-6-15(19)24(33)30-11-13-9-18(26)16(10-17(13)25)21(27)20(23(29)32)22(28)31-14-5-4-8-35-12-14/h2-3,6-7,9-10,14,27,31H,4-5,8,11-12,28H2,1H3,(H2,29,32)(H,30,33)/b22-20+,27-21?. The van der Waals surface area contributed by atoms with Gasteiger partial charge in [-0.25, -0.2) is 8.78 Å². The summed E-state index contributed by atoms with van der Waals surface area (Å²) in [5.41, 5.74) is 9.81. The van der Waals surface area contributed by atoms with Gasteiger partial charge >= 0.3 is 0 Å². The van der Waals surface area contributed by atoms with E-state index in [0.717, 1.165) is 25.0 Å². The number of carbonyl (C=O) groups excluding carboxylic acids is 2. The van der Waals surface area contributed by atoms with Gasteiger partial charge in [0, 0.05) is 24.3 Å². The molecule has 1 atom stereocenters. The molecule has 1 aliphatic rings. The summed E-state index contributed by atoms with van der Waals surface area (Å²) in [7, 11) is 1.41. The maximum absolute atomic E-state index is 14.9. The third-order valence-electron chi connectivity index (χ3n) is 5.48. The monoisotopic (exact) mass is 487 g/mol. The highest BCUT2D eigenvalue weighted by Crippen LogP contribution is 2.21. The first-order valence-electron chi connectivity index (χ1n) is 10.8. The summed E-state index contributed by atoms with van der Waals surface area (Å²) < 4.78 is 40.2. The zero-order chi connectivity index (χ0) is 25.5. The zero-order valence-electron chi connectivity index (χ0n) is 19.1. The molecule has 1 saturated heterocycles. The molecule has 2 aromatic carbocycles. The zero-order valence-corrected chi connectivity index (χ0v) is 19.1. The van der Waals surface area contributed by atoms with Gasteiger partial charge in [-0.1, -0.05) is 12.1 Å². The topological polar surface area (TPSA) is 153 Å². The van der Waals surface area contributed by atoms with E-state index in [1.165, 1.54) is 13.2 Å². The van der Waals surface area contributed by atoms with Gasteiger partial charge in [0.1, 0.15) is 28.8 Å². The molecule has 1 fully saturated rings. The van der Waals surface area contributed by atoms with Gasteiger partial charge in [0.25, 0.3) is 11.8 Å². The minimum atomic E-state index is -1.07. The first kappa shape index (κ1) is 25.6. The van der Waals surface area contributed by atoms with E-state index in [2.05, 4.69) is 10.6 Å². The minimum Gasteiger partial charge on any atom is -0.496 e. The Hall–Kier alpha value is -3.99. The van der Waals surface area contributed by atoms with Crippen LogP contribution in [0, 0.1) is 17.0 Å². The van der Waals surface area contributed by atoms with E-state index in [4.69, 9.17) is 26.4 Å². The number of carbonyl (C=O) groups is 2. The molecule has 2 amide bonds. The number of primary amides is 1. The maximum Gasteiger partial charge on any atom is 0.255 e. The van der Waals surface area contributed by atoms with Gasteiger partial charge in [-0.05, 0) is 37.1 Å². The van der Waals surface area contributed by atoms with Gasteiger partial charge in [-0.15, -0.1) is 0 Å². The molecule has 0 aromatic heterocycles. The molecule has 0 bridgehead atoms. The van der Waals surface area contributed by atoms with Gasteiger partial charge in [0.05, 0.1) is 31.0 Å². The van der Waals surface area contributed by atoms with E-state index in [1.54, 1.807) is 18.2 Å². The predicted octanol–water partition coefficient (Wildman–Crippen LogP) is 1.70. The first-order valence-corrected chi connectivity index (χ1v) is 10.8. The molecule has 1 aliphatic heterocycles. The van der Waals surface area contributed by atoms with Crippen LogP contribution < -0.4 is 26.8 Å². The number of ether oxygens (including phenoxy) is 2. The Kier molecular flexibility index (Phi) is 8.37. The highest BCUT2D eigenvalue weighted by Gasteiger charge is 2.24. The molecule has 3 rings (SSSR count). The number of hydrogen-bond acceptors (Lipinski definition) is 7. The van der Waals surface area contributed by atoms with Gasteiger partial charge in [0.15, 0.2) is 0 Å². The normalized spacial score (nSPS) is 16.1. The summed E-state index contributed by atoms with van der Waals surface area (Å²) in [6.45, 7) is 0.631. The van der Waals surface area contributed by atoms with Crippen LogP contribution in [-0.2, 0) is 16.1 Å². The largest absolute Gasteiger partial charge is 0.496 e. The number of nitrogens with two attached hydrogens (primary N) is 2. The van der Waals surface area contributed by atoms with Crippen LogP contribution in [0.3, 0.4) is 0 Å². The molecule has 9 nitrogen and oxygen atoms in total. The Balaban J connectivity index is 1.79. The van der Waals surface area contributed by atoms with Crippen LogP contribution in [-0.4, -0.2) is 43.9 Å². The maximum atomic E-state index is 14.9. The van der Waals surface area contributed by atoms with E-state index in [9.17, 15) is 18.4 Å². The van der Waals surface area contributed by atoms with Crippen LogP contribution in [0.4, 0.5) is 8.78 Å². The first-order chi connectivity index (χ1) is 16.7. The molecule has 2 aromatic rings. The summed E-state index contributed by atoms with van der Waals surface area (Å²) in [5.74, 6) is -3.36. The van der Waals surface area contributed by atoms with Crippen molar-refractivity contribution in [2.45, 2.75) is 25.4 Å². The average molecular weight is 488 g/mol. The summed E-state index contributed by atoms with van der Waals surface area (Å²) in [6.07, 6.45) is 1.50. The fourth-order valence-electron chi connectivity index (χ4n) is 3.69. The lowest BCUT2D eigenvalue weighted by atomic mass is 9.99. The molecule has 0 aliphatic carbocycles. The molecule has 11 heteroatoms. The number of rotatable bonds is 9. The second-order valence-corrected chi connectivity index (χ2v) is 7.89. The molecular formula is C24H27F2N5O4. The van der Waals surface area contributed by atoms with Crippen molar-refractivity contribution in [2.75, 3.05) is 20.3 Å². The van der Waals surface area contributed by atoms with Crippen LogP contribution in [0.2, 0.25) is 0 Å². The lowest BCUT2D eigenvalue weighted by Crippen LogP contribution is -2.41. The molecule has 35 heavy (non-hydrogen) atoms. The summed E-state index contributed by atoms with van der Waals surface area (Å²) in [6, 6.07) is 7.87. The molecule has 0 saturated carbocycles. The molecule has 1 unspecified atom stereocenters. The fraction of sp³-hybridized carbons (Fsp3) is 0.292. The van der Waals surface area contributed by atoms with Crippen molar-refractivity contribution < 1.29 is 27.8 Å². The third-order valence-corrected chi connectivity index (χ3v) is 5.48. The second-order valence-electron chi connectivity index (χ2n) is 7.89. The Morgan fingerprint density at radius 2 is 1.91 bits per heavy atom. The molecule has 7 N–H and O–H groups in total. The molecule has 0 radical (unpaired) electrons. The smallest absolute Gasteiger partial charge is 0.255 e. The Labute approximate surface area is 201 Å². The van der Waals surface area contributed by atoms with E-state index >= 15 is 0 Å². The van der Waals surface area contributed by atoms with Crippen molar-refractivity contribution in [1.82, 2.24) is 10.6 Å². The Bertz CT molecular complexity index is 1160. The Morgan fingerprint density at radius 1 is 1.17 bits per heavy atom. The number of halogens is 2. The van der Waals surface area contributed by atoms with Gasteiger partial charge < -0.3 is 31.6 Å². The van der Waals surface area contributed by atoms with Gasteiger partial charge in [0.2, 0.25) is 0 Å². The summed E-state index contributed by atoms with van der Waals surface area (Å²) in [5, 5.41) is 13.7. The number of hydrogen-bond donors (Lipinski definition) is 5. The molecule has 1 heterocycles. The van der Waals surface area contributed by atoms with E-state index in [-0.39, 0.29) is 29.5 Å². The van der Waals surface area contributed by atoms with Crippen molar-refractivity contribution in [3.63, 3.8) is 0 Å². The predicted molar refractivity (Wildman–Crippen MR) is 125 cm³/mol. The van der Waals surface area contributed by atoms with Crippen molar-refractivity contribution in [3.8, 4) is 5.75 Å². The molecule has 186 valence electrons. The van der Waals surface area contributed by atoms with Gasteiger partial charge in [-0.3, -0.25) is 15.0 Å². The average Bonchev–Trinajstić information content (AvgIpc) is 2.84. The van der Waals surface area contributed by atoms with Crippen LogP contribution in [0.15, 0.2) is 47.8 Å². The fourth-order valence-corrected chi connectivity index (χ4v) is 3.69. The SMILES string of the molecule is COc1ccccc1C(=O)NCc1cc(F)c(C(=N)/C(C(N)=O)=C(/N)NC2CCCOC2)cc1F. The third kappa shape index (κ3) is 6.12. The number of para-hydroxylation sites is 1. The van der Waals surface area contributed by atoms with Crippen LogP contribution in [0.25, 0.3) is 0 Å². The van der Waals surface area contributed by atoms with Crippen LogP contribution in [0.1, 0.15) is 34.3 Å². The summed E-state index contributed by atoms with van der Waals surface area (Å²) in [4.78, 5) is 24.5. The lowest BCUT2D eigenvalue weighted by molar-refractivity contribution is -0.114. The summed E-state index contributed by atoms with van der Waals surface area (Å²) >= 11 is 0. The number of methoxy groups -OCH3 is 1. The van der Waals surface area contributed by atoms with Crippen molar-refractivity contribution >= 4 is 17.5 Å². The highest BCUT2D eigenvalue weighted by atomic mass is 19.1. The van der Waals surface area contributed by atoms with Crippen molar-refractivity contribution in [3.05, 3.63) is 76.1 Å². The van der Waals surface area contributed by atoms with Crippen LogP contribution in [0.5, 0.6) is 5.75 Å². The van der Waals surface area contributed by atoms with Crippen LogP contribution >= 0.6 is 0 Å². The van der Waals surface area contributed by atoms with Gasteiger partial charge in [-0.2, -0.15) is 0 Å². The molecular weight excluding hydrogens is 460 g/mol. The minimum absolute atomic E-state index is 0.155. The lowest BCUT2D eigenvalue weighted by Gasteiger charge is -2.25.